The molecule has 0 fully saturated rings. The van der Waals surface area contributed by atoms with E-state index in [0.29, 0.717) is 0 Å². The van der Waals surface area contributed by atoms with Crippen LogP contribution in [0.15, 0.2) is 0 Å². The molecule has 0 saturated heterocycles. The van der Waals surface area contributed by atoms with E-state index in [1.807, 2.05) is 0 Å². The van der Waals surface area contributed by atoms with Crippen LogP contribution in [-0.2, 0) is 9.84 Å². The van der Waals surface area contributed by atoms with Crippen LogP contribution in [0.5, 0.6) is 0 Å². The summed E-state index contributed by atoms with van der Waals surface area (Å²) in [6, 6.07) is 0. The largest absolute Gasteiger partial charge is 0.389 e. The Bertz CT molecular complexity index is 279. The van der Waals surface area contributed by atoms with Gasteiger partial charge in [-0.1, -0.05) is 32.4 Å². The quantitative estimate of drug-likeness (QED) is 0.616. The molecule has 13 heavy (non-hydrogen) atoms. The van der Waals surface area contributed by atoms with Crippen molar-refractivity contribution in [2.45, 2.75) is 29.1 Å². The molecule has 0 aromatic rings. The Morgan fingerprint density at radius 3 is 1.77 bits per heavy atom. The first-order valence-electron chi connectivity index (χ1n) is 3.66. The van der Waals surface area contributed by atoms with Crippen LogP contribution >= 0.6 is 34.2 Å². The number of hydrogen-bond acceptors (Lipinski definition) is 3. The molecular formula is C7H14ClIO3S. The molecule has 0 saturated carbocycles. The van der Waals surface area contributed by atoms with Crippen LogP contribution in [-0.4, -0.2) is 28.1 Å². The lowest BCUT2D eigenvalue weighted by atomic mass is 9.90. The third kappa shape index (κ3) is 3.21. The highest BCUT2D eigenvalue weighted by atomic mass is 127. The Kier molecular flexibility index (Phi) is 4.10. The summed E-state index contributed by atoms with van der Waals surface area (Å²) in [5.74, 6) is 0. The van der Waals surface area contributed by atoms with Crippen molar-refractivity contribution in [1.82, 2.24) is 0 Å². The van der Waals surface area contributed by atoms with E-state index in [9.17, 15) is 13.5 Å². The molecule has 0 aliphatic rings. The van der Waals surface area contributed by atoms with Gasteiger partial charge in [0.25, 0.3) is 0 Å². The van der Waals surface area contributed by atoms with Gasteiger partial charge in [-0.05, 0) is 28.0 Å². The molecule has 80 valence electrons. The van der Waals surface area contributed by atoms with Gasteiger partial charge >= 0.3 is 0 Å². The monoisotopic (exact) mass is 340 g/mol. The predicted molar refractivity (Wildman–Crippen MR) is 62.9 cm³/mol. The summed E-state index contributed by atoms with van der Waals surface area (Å²) >= 11 is 7.36. The molecule has 0 radical (unpaired) electrons. The van der Waals surface area contributed by atoms with Crippen molar-refractivity contribution in [3.05, 3.63) is 0 Å². The van der Waals surface area contributed by atoms with E-state index in [0.717, 1.165) is 6.26 Å². The number of rotatable bonds is 2. The first-order valence-corrected chi connectivity index (χ1v) is 7.01. The number of halogens is 2. The fraction of sp³-hybridized carbons (Fsp3) is 1.00. The smallest absolute Gasteiger partial charge is 0.221 e. The lowest BCUT2D eigenvalue weighted by Gasteiger charge is -2.34. The number of hydrogen-bond donors (Lipinski definition) is 1. The van der Waals surface area contributed by atoms with E-state index in [1.165, 1.54) is 0 Å². The second-order valence-corrected chi connectivity index (χ2v) is 10.2. The molecular weight excluding hydrogens is 326 g/mol. The Morgan fingerprint density at radius 2 is 1.69 bits per heavy atom. The first-order chi connectivity index (χ1) is 5.40. The van der Waals surface area contributed by atoms with Crippen LogP contribution in [0.1, 0.15) is 20.8 Å². The van der Waals surface area contributed by atoms with Crippen LogP contribution in [0.25, 0.3) is 0 Å². The minimum atomic E-state index is -3.48. The Labute approximate surface area is 97.9 Å². The fourth-order valence-corrected chi connectivity index (χ4v) is 2.73. The minimum absolute atomic E-state index is 0.563. The molecule has 0 amide bonds. The van der Waals surface area contributed by atoms with Gasteiger partial charge in [0.1, 0.15) is 6.10 Å². The SMILES string of the molecule is CC(C)(C)[C@@H](O)[C@](Cl)(I)S(C)(=O)=O. The van der Waals surface area contributed by atoms with Gasteiger partial charge in [-0.15, -0.1) is 0 Å². The van der Waals surface area contributed by atoms with Gasteiger partial charge < -0.3 is 5.11 Å². The summed E-state index contributed by atoms with van der Waals surface area (Å²) < 4.78 is 20.8. The average Bonchev–Trinajstić information content (AvgIpc) is 1.81. The van der Waals surface area contributed by atoms with Crippen LogP contribution < -0.4 is 0 Å². The van der Waals surface area contributed by atoms with Gasteiger partial charge in [0.05, 0.1) is 0 Å². The molecule has 6 heteroatoms. The molecule has 0 aliphatic carbocycles. The molecule has 0 unspecified atom stereocenters. The van der Waals surface area contributed by atoms with Crippen molar-refractivity contribution in [3.63, 3.8) is 0 Å². The summed E-state index contributed by atoms with van der Waals surface area (Å²) in [6.45, 7) is 5.20. The molecule has 0 aliphatic heterocycles. The van der Waals surface area contributed by atoms with Gasteiger partial charge in [0.15, 0.2) is 9.84 Å². The zero-order valence-electron chi connectivity index (χ0n) is 8.01. The zero-order valence-corrected chi connectivity index (χ0v) is 11.7. The highest BCUT2D eigenvalue weighted by Crippen LogP contribution is 2.41. The van der Waals surface area contributed by atoms with Crippen LogP contribution in [0.2, 0.25) is 0 Å². The van der Waals surface area contributed by atoms with Crippen molar-refractivity contribution in [3.8, 4) is 0 Å². The molecule has 3 nitrogen and oxygen atoms in total. The number of alkyl halides is 2. The highest BCUT2D eigenvalue weighted by molar-refractivity contribution is 14.1. The van der Waals surface area contributed by atoms with E-state index < -0.39 is 23.6 Å². The minimum Gasteiger partial charge on any atom is -0.389 e. The van der Waals surface area contributed by atoms with Crippen LogP contribution in [0.3, 0.4) is 0 Å². The maximum absolute atomic E-state index is 11.2. The maximum Gasteiger partial charge on any atom is 0.221 e. The summed E-state index contributed by atoms with van der Waals surface area (Å²) in [5.41, 5.74) is -0.563. The second-order valence-electron chi connectivity index (χ2n) is 4.10. The maximum atomic E-state index is 11.2. The number of aliphatic hydroxyl groups excluding tert-OH is 1. The standard InChI is InChI=1S/C7H14ClIO3S/c1-6(2,3)5(10)7(8,9)13(4,11)12/h5,10H,1-4H3/t5-,7+/m1/s1. The van der Waals surface area contributed by atoms with Crippen molar-refractivity contribution in [2.75, 3.05) is 6.26 Å². The van der Waals surface area contributed by atoms with Crippen LogP contribution in [0, 0.1) is 5.41 Å². The van der Waals surface area contributed by atoms with Crippen molar-refractivity contribution in [2.24, 2.45) is 5.41 Å². The predicted octanol–water partition coefficient (Wildman–Crippen LogP) is 1.77. The molecule has 0 spiro atoms. The van der Waals surface area contributed by atoms with Gasteiger partial charge in [0, 0.05) is 6.26 Å². The average molecular weight is 341 g/mol. The molecule has 0 aromatic carbocycles. The van der Waals surface area contributed by atoms with Gasteiger partial charge in [-0.25, -0.2) is 8.42 Å². The van der Waals surface area contributed by atoms with Crippen molar-refractivity contribution >= 4 is 44.0 Å². The summed E-state index contributed by atoms with van der Waals surface area (Å²) in [4.78, 5) is 0. The summed E-state index contributed by atoms with van der Waals surface area (Å²) in [5, 5.41) is 9.73. The summed E-state index contributed by atoms with van der Waals surface area (Å²) in [7, 11) is -3.48. The van der Waals surface area contributed by atoms with E-state index in [2.05, 4.69) is 0 Å². The topological polar surface area (TPSA) is 54.4 Å². The number of aliphatic hydroxyl groups is 1. The number of sulfone groups is 1. The first kappa shape index (κ1) is 13.9. The Balaban J connectivity index is 5.09. The van der Waals surface area contributed by atoms with E-state index in [1.54, 1.807) is 43.4 Å². The lowest BCUT2D eigenvalue weighted by molar-refractivity contribution is 0.0713. The molecule has 2 atom stereocenters. The third-order valence-electron chi connectivity index (χ3n) is 1.63. The molecule has 1 N–H and O–H groups in total. The van der Waals surface area contributed by atoms with Crippen LogP contribution in [0.4, 0.5) is 0 Å². The van der Waals surface area contributed by atoms with Gasteiger partial charge in [0.2, 0.25) is 2.21 Å². The molecule has 0 aromatic heterocycles. The van der Waals surface area contributed by atoms with Crippen molar-refractivity contribution < 1.29 is 13.5 Å². The summed E-state index contributed by atoms with van der Waals surface area (Å²) in [6.07, 6.45) is -0.0984. The zero-order chi connectivity index (χ0) is 11.1. The molecule has 0 heterocycles. The second kappa shape index (κ2) is 3.83. The lowest BCUT2D eigenvalue weighted by Crippen LogP contribution is -2.45. The highest BCUT2D eigenvalue weighted by Gasteiger charge is 2.48. The third-order valence-corrected chi connectivity index (χ3v) is 6.88. The fourth-order valence-electron chi connectivity index (χ4n) is 0.707. The normalized spacial score (nSPS) is 20.8. The van der Waals surface area contributed by atoms with Crippen molar-refractivity contribution in [1.29, 1.82) is 0 Å². The van der Waals surface area contributed by atoms with E-state index in [-0.39, 0.29) is 0 Å². The van der Waals surface area contributed by atoms with Gasteiger partial charge in [-0.3, -0.25) is 0 Å². The van der Waals surface area contributed by atoms with Gasteiger partial charge in [-0.2, -0.15) is 0 Å². The molecule has 0 bridgehead atoms. The van der Waals surface area contributed by atoms with E-state index >= 15 is 0 Å². The Hall–Kier alpha value is 0.930. The Morgan fingerprint density at radius 1 is 1.38 bits per heavy atom. The van der Waals surface area contributed by atoms with E-state index in [4.69, 9.17) is 11.6 Å². The molecule has 0 rings (SSSR count).